The Hall–Kier alpha value is -3.32. The van der Waals surface area contributed by atoms with Gasteiger partial charge in [-0.2, -0.15) is 5.10 Å². The molecular weight excluding hydrogens is 441 g/mol. The molecule has 1 fully saturated rings. The van der Waals surface area contributed by atoms with Gasteiger partial charge in [0, 0.05) is 55.6 Å². The largest absolute Gasteiger partial charge is 0.334 e. The lowest BCUT2D eigenvalue weighted by molar-refractivity contribution is -0.135. The van der Waals surface area contributed by atoms with Crippen LogP contribution < -0.4 is 0 Å². The Morgan fingerprint density at radius 3 is 2.83 bits per heavy atom. The average molecular weight is 472 g/mol. The van der Waals surface area contributed by atoms with E-state index in [2.05, 4.69) is 27.0 Å². The summed E-state index contributed by atoms with van der Waals surface area (Å²) in [4.78, 5) is 22.3. The van der Waals surface area contributed by atoms with Gasteiger partial charge in [-0.3, -0.25) is 19.4 Å². The van der Waals surface area contributed by atoms with E-state index in [4.69, 9.17) is 4.99 Å². The van der Waals surface area contributed by atoms with Crippen LogP contribution in [0.15, 0.2) is 47.7 Å². The van der Waals surface area contributed by atoms with E-state index in [9.17, 15) is 9.18 Å². The second kappa shape index (κ2) is 8.72. The fourth-order valence-corrected chi connectivity index (χ4v) is 5.76. The van der Waals surface area contributed by atoms with E-state index in [1.165, 1.54) is 11.1 Å². The van der Waals surface area contributed by atoms with Gasteiger partial charge in [-0.05, 0) is 60.7 Å². The fraction of sp³-hybridized carbons (Fsp3) is 0.393. The number of aryl methyl sites for hydroxylation is 2. The second-order valence-electron chi connectivity index (χ2n) is 10.2. The van der Waals surface area contributed by atoms with Crippen LogP contribution in [0.4, 0.5) is 4.39 Å². The monoisotopic (exact) mass is 471 g/mol. The molecule has 0 saturated carbocycles. The Bertz CT molecular complexity index is 1340. The van der Waals surface area contributed by atoms with Crippen molar-refractivity contribution in [3.05, 3.63) is 87.5 Å². The van der Waals surface area contributed by atoms with Gasteiger partial charge >= 0.3 is 0 Å². The zero-order valence-corrected chi connectivity index (χ0v) is 20.3. The molecule has 1 atom stereocenters. The molecule has 3 aromatic rings. The molecule has 6 nitrogen and oxygen atoms in total. The van der Waals surface area contributed by atoms with Crippen LogP contribution in [0.2, 0.25) is 0 Å². The average Bonchev–Trinajstić information content (AvgIpc) is 3.45. The van der Waals surface area contributed by atoms with Crippen LogP contribution in [0, 0.1) is 12.7 Å². The van der Waals surface area contributed by atoms with Crippen molar-refractivity contribution in [2.75, 3.05) is 13.1 Å². The molecule has 6 rings (SSSR count). The van der Waals surface area contributed by atoms with Gasteiger partial charge in [0.25, 0.3) is 0 Å². The van der Waals surface area contributed by atoms with Crippen LogP contribution in [-0.4, -0.2) is 50.3 Å². The minimum Gasteiger partial charge on any atom is -0.334 e. The molecule has 3 aliphatic rings. The summed E-state index contributed by atoms with van der Waals surface area (Å²) in [6.45, 7) is 5.48. The Kier molecular flexibility index (Phi) is 5.52. The predicted octanol–water partition coefficient (Wildman–Crippen LogP) is 3.77. The van der Waals surface area contributed by atoms with E-state index >= 15 is 0 Å². The highest BCUT2D eigenvalue weighted by atomic mass is 19.1. The number of likely N-dealkylation sites (tertiary alicyclic amines) is 1. The van der Waals surface area contributed by atoms with Crippen molar-refractivity contribution in [1.29, 1.82) is 0 Å². The van der Waals surface area contributed by atoms with Gasteiger partial charge < -0.3 is 4.90 Å². The van der Waals surface area contributed by atoms with Crippen molar-refractivity contribution in [2.24, 2.45) is 12.0 Å². The Morgan fingerprint density at radius 2 is 2.03 bits per heavy atom. The maximum Gasteiger partial charge on any atom is 0.227 e. The number of halogens is 1. The van der Waals surface area contributed by atoms with Gasteiger partial charge in [-0.25, -0.2) is 4.39 Å². The lowest BCUT2D eigenvalue weighted by Crippen LogP contribution is -2.51. The zero-order valence-electron chi connectivity index (χ0n) is 20.3. The molecule has 2 aromatic carbocycles. The topological polar surface area (TPSA) is 53.7 Å². The highest BCUT2D eigenvalue weighted by Crippen LogP contribution is 2.32. The number of benzene rings is 2. The normalized spacial score (nSPS) is 20.1. The lowest BCUT2D eigenvalue weighted by atomic mass is 9.90. The molecular formula is C28H30FN5O. The second-order valence-corrected chi connectivity index (χ2v) is 10.2. The highest BCUT2D eigenvalue weighted by molar-refractivity contribution is 6.15. The quantitative estimate of drug-likeness (QED) is 0.582. The summed E-state index contributed by atoms with van der Waals surface area (Å²) in [5.41, 5.74) is 8.36. The van der Waals surface area contributed by atoms with Gasteiger partial charge in [-0.1, -0.05) is 18.2 Å². The standard InChI is InChI=1S/C28H30FN5O/c1-18-5-6-19(26(29)8-18)15-33-7-3-4-24(17-33)34-16-22-10-25-21(9-20(22)11-27(34)35)12-30-28(25)23-13-31-32(2)14-23/h5-6,8-10,13-14,24H,3-4,7,11-12,15-17H2,1-2H3/t24-/m1/s1. The molecule has 0 radical (unpaired) electrons. The van der Waals surface area contributed by atoms with E-state index in [0.29, 0.717) is 26.1 Å². The number of aromatic nitrogens is 2. The molecule has 1 saturated heterocycles. The summed E-state index contributed by atoms with van der Waals surface area (Å²) in [6.07, 6.45) is 6.29. The van der Waals surface area contributed by atoms with Crippen molar-refractivity contribution in [2.45, 2.75) is 51.9 Å². The smallest absolute Gasteiger partial charge is 0.227 e. The SMILES string of the molecule is Cc1ccc(CN2CCC[C@@H](N3Cc4cc5c(cc4CC3=O)CN=C5c3cnn(C)c3)C2)c(F)c1. The summed E-state index contributed by atoms with van der Waals surface area (Å²) in [6, 6.07) is 10.0. The third-order valence-corrected chi connectivity index (χ3v) is 7.59. The minimum absolute atomic E-state index is 0.143. The Balaban J connectivity index is 1.21. The van der Waals surface area contributed by atoms with E-state index < -0.39 is 0 Å². The molecule has 1 amide bonds. The van der Waals surface area contributed by atoms with Crippen LogP contribution in [0.3, 0.4) is 0 Å². The van der Waals surface area contributed by atoms with E-state index in [-0.39, 0.29) is 17.8 Å². The molecule has 0 spiro atoms. The Morgan fingerprint density at radius 1 is 1.14 bits per heavy atom. The minimum atomic E-state index is -0.143. The molecule has 0 aliphatic carbocycles. The number of amides is 1. The van der Waals surface area contributed by atoms with Gasteiger partial charge in [0.15, 0.2) is 0 Å². The number of hydrogen-bond acceptors (Lipinski definition) is 4. The van der Waals surface area contributed by atoms with Crippen molar-refractivity contribution in [3.8, 4) is 0 Å². The molecule has 35 heavy (non-hydrogen) atoms. The number of rotatable bonds is 4. The summed E-state index contributed by atoms with van der Waals surface area (Å²) in [5, 5.41) is 4.31. The Labute approximate surface area is 205 Å². The third-order valence-electron chi connectivity index (χ3n) is 7.59. The molecule has 180 valence electrons. The van der Waals surface area contributed by atoms with Gasteiger partial charge in [0.1, 0.15) is 5.82 Å². The first-order valence-corrected chi connectivity index (χ1v) is 12.4. The van der Waals surface area contributed by atoms with Gasteiger partial charge in [0.05, 0.1) is 24.9 Å². The van der Waals surface area contributed by atoms with Crippen LogP contribution in [0.25, 0.3) is 0 Å². The first-order chi connectivity index (χ1) is 16.9. The molecule has 4 heterocycles. The number of aliphatic imine (C=N–C) groups is 1. The number of nitrogens with zero attached hydrogens (tertiary/aromatic N) is 5. The summed E-state index contributed by atoms with van der Waals surface area (Å²) in [5.74, 6) is 0.0484. The number of carbonyl (C=O) groups is 1. The van der Waals surface area contributed by atoms with Crippen molar-refractivity contribution < 1.29 is 9.18 Å². The molecule has 0 N–H and O–H groups in total. The third kappa shape index (κ3) is 4.18. The van der Waals surface area contributed by atoms with Crippen LogP contribution in [-0.2, 0) is 37.9 Å². The van der Waals surface area contributed by atoms with Crippen molar-refractivity contribution >= 4 is 11.6 Å². The molecule has 7 heteroatoms. The van der Waals surface area contributed by atoms with Crippen LogP contribution in [0.1, 0.15) is 51.8 Å². The number of piperidine rings is 1. The van der Waals surface area contributed by atoms with Crippen molar-refractivity contribution in [1.82, 2.24) is 19.6 Å². The maximum atomic E-state index is 14.4. The van der Waals surface area contributed by atoms with E-state index in [1.807, 2.05) is 38.5 Å². The number of carbonyl (C=O) groups excluding carboxylic acids is 1. The first kappa shape index (κ1) is 22.2. The molecule has 3 aliphatic heterocycles. The zero-order chi connectivity index (χ0) is 24.1. The van der Waals surface area contributed by atoms with Crippen molar-refractivity contribution in [3.63, 3.8) is 0 Å². The maximum absolute atomic E-state index is 14.4. The summed E-state index contributed by atoms with van der Waals surface area (Å²) in [7, 11) is 1.91. The molecule has 0 bridgehead atoms. The lowest BCUT2D eigenvalue weighted by Gasteiger charge is -2.41. The van der Waals surface area contributed by atoms with Gasteiger partial charge in [-0.15, -0.1) is 0 Å². The number of fused-ring (bicyclic) bond motifs is 2. The molecule has 0 unspecified atom stereocenters. The summed E-state index contributed by atoms with van der Waals surface area (Å²) < 4.78 is 16.2. The fourth-order valence-electron chi connectivity index (χ4n) is 5.76. The predicted molar refractivity (Wildman–Crippen MR) is 133 cm³/mol. The van der Waals surface area contributed by atoms with Crippen LogP contribution in [0.5, 0.6) is 0 Å². The highest BCUT2D eigenvalue weighted by Gasteiger charge is 2.33. The van der Waals surface area contributed by atoms with E-state index in [1.54, 1.807) is 10.7 Å². The molecule has 1 aromatic heterocycles. The van der Waals surface area contributed by atoms with Gasteiger partial charge in [0.2, 0.25) is 5.91 Å². The summed E-state index contributed by atoms with van der Waals surface area (Å²) >= 11 is 0. The number of hydrogen-bond donors (Lipinski definition) is 0. The van der Waals surface area contributed by atoms with E-state index in [0.717, 1.165) is 59.5 Å². The van der Waals surface area contributed by atoms with Crippen LogP contribution >= 0.6 is 0 Å². The first-order valence-electron chi connectivity index (χ1n) is 12.4.